The lowest BCUT2D eigenvalue weighted by molar-refractivity contribution is -0.133. The van der Waals surface area contributed by atoms with E-state index in [0.717, 1.165) is 11.4 Å². The number of aromatic nitrogens is 1. The van der Waals surface area contributed by atoms with Crippen molar-refractivity contribution in [3.8, 4) is 6.07 Å². The van der Waals surface area contributed by atoms with E-state index in [2.05, 4.69) is 16.0 Å². The van der Waals surface area contributed by atoms with Gasteiger partial charge in [0.15, 0.2) is 0 Å². The smallest absolute Gasteiger partial charge is 0.243 e. The van der Waals surface area contributed by atoms with Crippen LogP contribution < -0.4 is 4.90 Å². The number of nitrogens with zero attached hydrogens (tertiary/aromatic N) is 6. The van der Waals surface area contributed by atoms with Crippen LogP contribution in [-0.2, 0) is 14.8 Å². The summed E-state index contributed by atoms with van der Waals surface area (Å²) in [7, 11) is -3.51. The van der Waals surface area contributed by atoms with Gasteiger partial charge in [-0.25, -0.2) is 13.4 Å². The van der Waals surface area contributed by atoms with Crippen LogP contribution in [-0.4, -0.2) is 92.3 Å². The average molecular weight is 469 g/mol. The van der Waals surface area contributed by atoms with Crippen LogP contribution in [0.15, 0.2) is 47.5 Å². The Hall–Kier alpha value is -3.00. The number of aryl methyl sites for hydroxylation is 1. The lowest BCUT2D eigenvalue weighted by Gasteiger charge is -2.38. The highest BCUT2D eigenvalue weighted by Gasteiger charge is 2.30. The largest absolute Gasteiger partial charge is 0.353 e. The maximum Gasteiger partial charge on any atom is 0.243 e. The second kappa shape index (κ2) is 9.87. The van der Waals surface area contributed by atoms with Crippen LogP contribution in [0.1, 0.15) is 11.1 Å². The van der Waals surface area contributed by atoms with E-state index in [-0.39, 0.29) is 5.91 Å². The molecular weight excluding hydrogens is 440 g/mol. The first-order valence-electron chi connectivity index (χ1n) is 11.0. The third-order valence-electron chi connectivity index (χ3n) is 6.18. The van der Waals surface area contributed by atoms with Crippen molar-refractivity contribution in [2.45, 2.75) is 11.8 Å². The minimum absolute atomic E-state index is 0.0585. The predicted octanol–water partition coefficient (Wildman–Crippen LogP) is 0.917. The number of carbonyl (C=O) groups is 1. The number of amides is 1. The molecule has 2 fully saturated rings. The summed E-state index contributed by atoms with van der Waals surface area (Å²) in [6, 6.07) is 12.5. The van der Waals surface area contributed by atoms with Gasteiger partial charge in [-0.1, -0.05) is 17.7 Å². The van der Waals surface area contributed by atoms with Crippen molar-refractivity contribution < 1.29 is 13.2 Å². The number of hydrogen-bond donors (Lipinski definition) is 0. The summed E-state index contributed by atoms with van der Waals surface area (Å²) in [6.07, 6.45) is 1.63. The molecule has 1 aromatic heterocycles. The topological polar surface area (TPSA) is 101 Å². The van der Waals surface area contributed by atoms with Gasteiger partial charge in [0.2, 0.25) is 15.9 Å². The molecule has 2 saturated heterocycles. The maximum absolute atomic E-state index is 12.9. The van der Waals surface area contributed by atoms with Gasteiger partial charge < -0.3 is 9.80 Å². The third kappa shape index (κ3) is 5.33. The Morgan fingerprint density at radius 1 is 1.00 bits per heavy atom. The lowest BCUT2D eigenvalue weighted by Crippen LogP contribution is -2.54. The zero-order valence-electron chi connectivity index (χ0n) is 18.7. The van der Waals surface area contributed by atoms with Crippen LogP contribution in [0.25, 0.3) is 0 Å². The molecule has 0 spiro atoms. The van der Waals surface area contributed by atoms with Crippen molar-refractivity contribution in [3.05, 3.63) is 53.7 Å². The van der Waals surface area contributed by atoms with Gasteiger partial charge >= 0.3 is 0 Å². The van der Waals surface area contributed by atoms with Crippen molar-refractivity contribution >= 4 is 21.7 Å². The van der Waals surface area contributed by atoms with E-state index < -0.39 is 10.0 Å². The molecule has 2 aromatic rings. The second-order valence-corrected chi connectivity index (χ2v) is 10.3. The molecule has 174 valence electrons. The van der Waals surface area contributed by atoms with Crippen LogP contribution in [0.3, 0.4) is 0 Å². The monoisotopic (exact) mass is 468 g/mol. The maximum atomic E-state index is 12.9. The molecule has 0 aliphatic carbocycles. The zero-order valence-corrected chi connectivity index (χ0v) is 19.5. The highest BCUT2D eigenvalue weighted by Crippen LogP contribution is 2.19. The van der Waals surface area contributed by atoms with Crippen LogP contribution in [0.2, 0.25) is 0 Å². The molecule has 0 atom stereocenters. The summed E-state index contributed by atoms with van der Waals surface area (Å²) in [5, 5.41) is 9.07. The van der Waals surface area contributed by atoms with Crippen molar-refractivity contribution in [2.24, 2.45) is 0 Å². The Morgan fingerprint density at radius 2 is 1.67 bits per heavy atom. The standard InChI is InChI=1S/C23H28N6O3S/c1-19-2-4-21(5-3-19)33(31,32)29-14-8-26(9-15-29)18-23(30)28-12-10-27(11-13-28)22-16-20(17-24)6-7-25-22/h2-7,16H,8-15,18H2,1H3. The minimum Gasteiger partial charge on any atom is -0.353 e. The molecule has 4 rings (SSSR count). The Balaban J connectivity index is 1.26. The summed E-state index contributed by atoms with van der Waals surface area (Å²) in [6.45, 7) is 6.54. The Labute approximate surface area is 194 Å². The summed E-state index contributed by atoms with van der Waals surface area (Å²) in [5.74, 6) is 0.815. The lowest BCUT2D eigenvalue weighted by atomic mass is 10.2. The molecule has 3 heterocycles. The van der Waals surface area contributed by atoms with Gasteiger partial charge in [0.05, 0.1) is 23.1 Å². The molecular formula is C23H28N6O3S. The van der Waals surface area contributed by atoms with E-state index in [1.54, 1.807) is 42.6 Å². The van der Waals surface area contributed by atoms with Crippen molar-refractivity contribution in [1.29, 1.82) is 5.26 Å². The van der Waals surface area contributed by atoms with E-state index in [4.69, 9.17) is 5.26 Å². The first-order chi connectivity index (χ1) is 15.9. The Bertz CT molecular complexity index is 1130. The molecule has 10 heteroatoms. The van der Waals surface area contributed by atoms with E-state index in [9.17, 15) is 13.2 Å². The van der Waals surface area contributed by atoms with Crippen molar-refractivity contribution in [1.82, 2.24) is 19.1 Å². The molecule has 2 aliphatic rings. The number of rotatable bonds is 5. The van der Waals surface area contributed by atoms with Crippen LogP contribution in [0.5, 0.6) is 0 Å². The van der Waals surface area contributed by atoms with Gasteiger partial charge in [0, 0.05) is 58.6 Å². The third-order valence-corrected chi connectivity index (χ3v) is 8.09. The van der Waals surface area contributed by atoms with E-state index in [1.165, 1.54) is 4.31 Å². The zero-order chi connectivity index (χ0) is 23.4. The fourth-order valence-corrected chi connectivity index (χ4v) is 5.55. The quantitative estimate of drug-likeness (QED) is 0.643. The highest BCUT2D eigenvalue weighted by molar-refractivity contribution is 7.89. The average Bonchev–Trinajstić information content (AvgIpc) is 2.85. The number of hydrogen-bond acceptors (Lipinski definition) is 7. The molecule has 2 aliphatic heterocycles. The number of anilines is 1. The van der Waals surface area contributed by atoms with Crippen LogP contribution in [0.4, 0.5) is 5.82 Å². The summed E-state index contributed by atoms with van der Waals surface area (Å²) in [5.41, 5.74) is 1.59. The molecule has 0 bridgehead atoms. The molecule has 0 radical (unpaired) electrons. The molecule has 0 saturated carbocycles. The molecule has 33 heavy (non-hydrogen) atoms. The SMILES string of the molecule is Cc1ccc(S(=O)(=O)N2CCN(CC(=O)N3CCN(c4cc(C#N)ccn4)CC3)CC2)cc1. The van der Waals surface area contributed by atoms with Gasteiger partial charge in [-0.2, -0.15) is 9.57 Å². The first-order valence-corrected chi connectivity index (χ1v) is 12.5. The summed E-state index contributed by atoms with van der Waals surface area (Å²) in [4.78, 5) is 23.4. The van der Waals surface area contributed by atoms with E-state index in [1.807, 2.05) is 16.7 Å². The van der Waals surface area contributed by atoms with Crippen molar-refractivity contribution in [3.63, 3.8) is 0 Å². The highest BCUT2D eigenvalue weighted by atomic mass is 32.2. The number of nitriles is 1. The van der Waals surface area contributed by atoms with E-state index >= 15 is 0 Å². The number of pyridine rings is 1. The van der Waals surface area contributed by atoms with Gasteiger partial charge in [0.25, 0.3) is 0 Å². The van der Waals surface area contributed by atoms with Gasteiger partial charge in [-0.3, -0.25) is 9.69 Å². The van der Waals surface area contributed by atoms with Crippen LogP contribution >= 0.6 is 0 Å². The molecule has 0 N–H and O–H groups in total. The number of carbonyl (C=O) groups excluding carboxylic acids is 1. The summed E-state index contributed by atoms with van der Waals surface area (Å²) < 4.78 is 27.2. The number of sulfonamides is 1. The Kier molecular flexibility index (Phi) is 6.93. The second-order valence-electron chi connectivity index (χ2n) is 8.38. The minimum atomic E-state index is -3.51. The first kappa shape index (κ1) is 23.2. The molecule has 1 aromatic carbocycles. The summed E-state index contributed by atoms with van der Waals surface area (Å²) >= 11 is 0. The van der Waals surface area contributed by atoms with Gasteiger partial charge in [0.1, 0.15) is 5.82 Å². The predicted molar refractivity (Wildman–Crippen MR) is 124 cm³/mol. The van der Waals surface area contributed by atoms with Gasteiger partial charge in [-0.05, 0) is 31.2 Å². The molecule has 0 unspecified atom stereocenters. The molecule has 1 amide bonds. The number of benzene rings is 1. The van der Waals surface area contributed by atoms with E-state index in [0.29, 0.717) is 69.4 Å². The molecule has 9 nitrogen and oxygen atoms in total. The van der Waals surface area contributed by atoms with Gasteiger partial charge in [-0.15, -0.1) is 0 Å². The van der Waals surface area contributed by atoms with Crippen LogP contribution in [0, 0.1) is 18.3 Å². The Morgan fingerprint density at radius 3 is 2.30 bits per heavy atom. The fraction of sp³-hybridized carbons (Fsp3) is 0.435. The van der Waals surface area contributed by atoms with Crippen molar-refractivity contribution in [2.75, 3.05) is 63.8 Å². The number of piperazine rings is 2. The fourth-order valence-electron chi connectivity index (χ4n) is 4.12. The normalized spacial score (nSPS) is 18.2.